The minimum Gasteiger partial charge on any atom is -0.481 e. The van der Waals surface area contributed by atoms with Crippen molar-refractivity contribution in [1.82, 2.24) is 4.90 Å². The molecule has 1 saturated heterocycles. The first kappa shape index (κ1) is 17.8. The molecule has 1 heterocycles. The van der Waals surface area contributed by atoms with Crippen LogP contribution in [0, 0.1) is 5.41 Å². The predicted molar refractivity (Wildman–Crippen MR) is 93.6 cm³/mol. The second-order valence-electron chi connectivity index (χ2n) is 8.06. The SMILES string of the molecule is CC(Oc1ccc(C(C)(C)C)cc1)C(=O)N1CCC(C)(CN)C1. The number of nitrogens with two attached hydrogens (primary N) is 1. The van der Waals surface area contributed by atoms with Gasteiger partial charge in [-0.1, -0.05) is 39.8 Å². The average Bonchev–Trinajstić information content (AvgIpc) is 2.89. The van der Waals surface area contributed by atoms with Crippen LogP contribution in [0.25, 0.3) is 0 Å². The first-order valence-electron chi connectivity index (χ1n) is 8.41. The average molecular weight is 318 g/mol. The summed E-state index contributed by atoms with van der Waals surface area (Å²) in [4.78, 5) is 14.4. The topological polar surface area (TPSA) is 55.6 Å². The Morgan fingerprint density at radius 3 is 2.43 bits per heavy atom. The fraction of sp³-hybridized carbons (Fsp3) is 0.632. The van der Waals surface area contributed by atoms with Crippen molar-refractivity contribution in [3.05, 3.63) is 29.8 Å². The summed E-state index contributed by atoms with van der Waals surface area (Å²) in [7, 11) is 0. The van der Waals surface area contributed by atoms with Gasteiger partial charge in [-0.15, -0.1) is 0 Å². The zero-order valence-electron chi connectivity index (χ0n) is 15.1. The Balaban J connectivity index is 1.96. The van der Waals surface area contributed by atoms with Crippen molar-refractivity contribution in [3.63, 3.8) is 0 Å². The molecule has 0 aromatic heterocycles. The first-order valence-corrected chi connectivity index (χ1v) is 8.41. The van der Waals surface area contributed by atoms with E-state index in [2.05, 4.69) is 39.8 Å². The highest BCUT2D eigenvalue weighted by molar-refractivity contribution is 5.81. The van der Waals surface area contributed by atoms with Crippen molar-refractivity contribution >= 4 is 5.91 Å². The lowest BCUT2D eigenvalue weighted by atomic mass is 9.87. The first-order chi connectivity index (χ1) is 10.6. The van der Waals surface area contributed by atoms with Crippen LogP contribution in [0.2, 0.25) is 0 Å². The quantitative estimate of drug-likeness (QED) is 0.928. The summed E-state index contributed by atoms with van der Waals surface area (Å²) >= 11 is 0. The summed E-state index contributed by atoms with van der Waals surface area (Å²) in [5.41, 5.74) is 7.22. The van der Waals surface area contributed by atoms with Crippen molar-refractivity contribution in [2.24, 2.45) is 11.1 Å². The normalized spacial score (nSPS) is 23.0. The van der Waals surface area contributed by atoms with E-state index >= 15 is 0 Å². The van der Waals surface area contributed by atoms with Gasteiger partial charge in [-0.05, 0) is 48.4 Å². The molecular weight excluding hydrogens is 288 g/mol. The molecule has 2 atom stereocenters. The Morgan fingerprint density at radius 2 is 1.96 bits per heavy atom. The van der Waals surface area contributed by atoms with Crippen LogP contribution in [0.3, 0.4) is 0 Å². The van der Waals surface area contributed by atoms with Crippen LogP contribution in [-0.2, 0) is 10.2 Å². The Labute approximate surface area is 140 Å². The highest BCUT2D eigenvalue weighted by atomic mass is 16.5. The summed E-state index contributed by atoms with van der Waals surface area (Å²) in [6.45, 7) is 12.6. The Kier molecular flexibility index (Phi) is 5.04. The molecule has 128 valence electrons. The van der Waals surface area contributed by atoms with Crippen LogP contribution in [0.5, 0.6) is 5.75 Å². The van der Waals surface area contributed by atoms with Gasteiger partial charge in [-0.3, -0.25) is 4.79 Å². The fourth-order valence-corrected chi connectivity index (χ4v) is 2.92. The minimum atomic E-state index is -0.476. The van der Waals surface area contributed by atoms with Crippen molar-refractivity contribution in [1.29, 1.82) is 0 Å². The van der Waals surface area contributed by atoms with Gasteiger partial charge in [0.05, 0.1) is 0 Å². The van der Waals surface area contributed by atoms with Gasteiger partial charge in [0, 0.05) is 13.1 Å². The number of amides is 1. The van der Waals surface area contributed by atoms with Crippen LogP contribution in [0.4, 0.5) is 0 Å². The van der Waals surface area contributed by atoms with Crippen LogP contribution in [0.15, 0.2) is 24.3 Å². The zero-order valence-corrected chi connectivity index (χ0v) is 15.1. The number of rotatable bonds is 4. The lowest BCUT2D eigenvalue weighted by molar-refractivity contribution is -0.137. The van der Waals surface area contributed by atoms with E-state index < -0.39 is 6.10 Å². The lowest BCUT2D eigenvalue weighted by Crippen LogP contribution is -2.41. The molecule has 1 amide bonds. The monoisotopic (exact) mass is 318 g/mol. The minimum absolute atomic E-state index is 0.0436. The van der Waals surface area contributed by atoms with Gasteiger partial charge in [0.1, 0.15) is 5.75 Å². The van der Waals surface area contributed by atoms with Gasteiger partial charge in [0.15, 0.2) is 6.10 Å². The Morgan fingerprint density at radius 1 is 1.35 bits per heavy atom. The molecule has 23 heavy (non-hydrogen) atoms. The van der Waals surface area contributed by atoms with Crippen molar-refractivity contribution in [2.75, 3.05) is 19.6 Å². The summed E-state index contributed by atoms with van der Waals surface area (Å²) in [6, 6.07) is 8.01. The third kappa shape index (κ3) is 4.25. The molecule has 1 aromatic rings. The van der Waals surface area contributed by atoms with E-state index in [1.807, 2.05) is 24.0 Å². The third-order valence-corrected chi connectivity index (χ3v) is 4.74. The molecule has 1 aliphatic rings. The largest absolute Gasteiger partial charge is 0.481 e. The molecule has 2 unspecified atom stereocenters. The van der Waals surface area contributed by atoms with Crippen LogP contribution < -0.4 is 10.5 Å². The van der Waals surface area contributed by atoms with Crippen molar-refractivity contribution in [3.8, 4) is 5.75 Å². The molecule has 0 radical (unpaired) electrons. The highest BCUT2D eigenvalue weighted by Crippen LogP contribution is 2.29. The third-order valence-electron chi connectivity index (χ3n) is 4.74. The van der Waals surface area contributed by atoms with E-state index in [1.165, 1.54) is 5.56 Å². The molecule has 4 nitrogen and oxygen atoms in total. The van der Waals surface area contributed by atoms with E-state index in [0.29, 0.717) is 6.54 Å². The maximum Gasteiger partial charge on any atom is 0.263 e. The van der Waals surface area contributed by atoms with E-state index in [1.54, 1.807) is 0 Å². The lowest BCUT2D eigenvalue weighted by Gasteiger charge is -2.25. The second-order valence-corrected chi connectivity index (χ2v) is 8.06. The van der Waals surface area contributed by atoms with Gasteiger partial charge >= 0.3 is 0 Å². The van der Waals surface area contributed by atoms with Gasteiger partial charge < -0.3 is 15.4 Å². The van der Waals surface area contributed by atoms with E-state index in [9.17, 15) is 4.79 Å². The number of nitrogens with zero attached hydrogens (tertiary/aromatic N) is 1. The summed E-state index contributed by atoms with van der Waals surface area (Å²) in [5.74, 6) is 0.779. The summed E-state index contributed by atoms with van der Waals surface area (Å²) in [5, 5.41) is 0. The van der Waals surface area contributed by atoms with Gasteiger partial charge in [-0.2, -0.15) is 0 Å². The standard InChI is InChI=1S/C19H30N2O2/c1-14(17(22)21-11-10-19(5,12-20)13-21)23-16-8-6-15(7-9-16)18(2,3)4/h6-9,14H,10-13,20H2,1-5H3. The summed E-state index contributed by atoms with van der Waals surface area (Å²) in [6.07, 6.45) is 0.484. The van der Waals surface area contributed by atoms with Gasteiger partial charge in [0.25, 0.3) is 5.91 Å². The fourth-order valence-electron chi connectivity index (χ4n) is 2.92. The van der Waals surface area contributed by atoms with E-state index in [-0.39, 0.29) is 16.7 Å². The molecule has 1 aliphatic heterocycles. The van der Waals surface area contributed by atoms with Crippen molar-refractivity contribution < 1.29 is 9.53 Å². The number of carbonyl (C=O) groups excluding carboxylic acids is 1. The predicted octanol–water partition coefficient (Wildman–Crippen LogP) is 2.95. The number of likely N-dealkylation sites (tertiary alicyclic amines) is 1. The van der Waals surface area contributed by atoms with E-state index in [4.69, 9.17) is 10.5 Å². The molecular formula is C19H30N2O2. The number of hydrogen-bond acceptors (Lipinski definition) is 3. The zero-order chi connectivity index (χ0) is 17.3. The molecule has 1 fully saturated rings. The number of benzene rings is 1. The molecule has 0 bridgehead atoms. The molecule has 0 spiro atoms. The van der Waals surface area contributed by atoms with Crippen molar-refractivity contribution in [2.45, 2.75) is 52.6 Å². The smallest absolute Gasteiger partial charge is 0.263 e. The van der Waals surface area contributed by atoms with E-state index in [0.717, 1.165) is 25.3 Å². The van der Waals surface area contributed by atoms with Crippen LogP contribution in [-0.4, -0.2) is 36.5 Å². The molecule has 2 rings (SSSR count). The molecule has 0 saturated carbocycles. The maximum atomic E-state index is 12.5. The highest BCUT2D eigenvalue weighted by Gasteiger charge is 2.36. The van der Waals surface area contributed by atoms with Gasteiger partial charge in [-0.25, -0.2) is 0 Å². The Bertz CT molecular complexity index is 547. The van der Waals surface area contributed by atoms with Gasteiger partial charge in [0.2, 0.25) is 0 Å². The van der Waals surface area contributed by atoms with Crippen LogP contribution >= 0.6 is 0 Å². The van der Waals surface area contributed by atoms with Crippen LogP contribution in [0.1, 0.15) is 46.6 Å². The molecule has 1 aromatic carbocycles. The number of ether oxygens (including phenoxy) is 1. The number of carbonyl (C=O) groups is 1. The molecule has 2 N–H and O–H groups in total. The second kappa shape index (κ2) is 6.52. The Hall–Kier alpha value is -1.55. The molecule has 0 aliphatic carbocycles. The number of hydrogen-bond donors (Lipinski definition) is 1. The molecule has 4 heteroatoms. The summed E-state index contributed by atoms with van der Waals surface area (Å²) < 4.78 is 5.84. The maximum absolute atomic E-state index is 12.5.